The Labute approximate surface area is 300 Å². The van der Waals surface area contributed by atoms with Gasteiger partial charge in [-0.25, -0.2) is 0 Å². The molecule has 1 amide bonds. The zero-order valence-electron chi connectivity index (χ0n) is 31.1. The largest absolute Gasteiger partial charge is 0.496 e. The molecular formula is C41H50FN5O4. The summed E-state index contributed by atoms with van der Waals surface area (Å²) in [6, 6.07) is 12.8. The molecule has 0 unspecified atom stereocenters. The SMILES string of the molecule is COc1cc(-c2cn(C)c(=O)c(C)c2C)cc(OC)c1CN1CCN(Cc2ccc3c(c2)CN(C(=O)/C(C#N)=C/C(C)(C)CF)CC3)C2(CC2)C1. The smallest absolute Gasteiger partial charge is 0.264 e. The lowest BCUT2D eigenvalue weighted by Crippen LogP contribution is -2.54. The number of allylic oxidation sites excluding steroid dienone is 1. The van der Waals surface area contributed by atoms with Gasteiger partial charge >= 0.3 is 0 Å². The van der Waals surface area contributed by atoms with E-state index in [1.165, 1.54) is 17.2 Å². The van der Waals surface area contributed by atoms with Crippen molar-refractivity contribution >= 4 is 5.91 Å². The Morgan fingerprint density at radius 1 is 1.02 bits per heavy atom. The fraction of sp³-hybridized carbons (Fsp3) is 0.488. The second kappa shape index (κ2) is 14.3. The van der Waals surface area contributed by atoms with Crippen molar-refractivity contribution < 1.29 is 18.7 Å². The molecule has 9 nitrogen and oxygen atoms in total. The minimum Gasteiger partial charge on any atom is -0.496 e. The number of pyridine rings is 1. The molecule has 10 heteroatoms. The molecule has 3 aliphatic rings. The number of nitrogens with zero attached hydrogens (tertiary/aromatic N) is 5. The van der Waals surface area contributed by atoms with E-state index >= 15 is 0 Å². The number of aryl methyl sites for hydroxylation is 1. The van der Waals surface area contributed by atoms with Gasteiger partial charge in [0.1, 0.15) is 23.1 Å². The van der Waals surface area contributed by atoms with Crippen LogP contribution in [0.1, 0.15) is 60.1 Å². The first-order valence-electron chi connectivity index (χ1n) is 17.8. The van der Waals surface area contributed by atoms with Crippen LogP contribution in [0.3, 0.4) is 0 Å². The number of nitriles is 1. The summed E-state index contributed by atoms with van der Waals surface area (Å²) < 4.78 is 27.0. The van der Waals surface area contributed by atoms with Crippen LogP contribution in [0.25, 0.3) is 11.1 Å². The summed E-state index contributed by atoms with van der Waals surface area (Å²) in [6.07, 6.45) is 6.37. The molecule has 0 N–H and O–H groups in total. The van der Waals surface area contributed by atoms with Crippen LogP contribution in [0, 0.1) is 30.6 Å². The maximum Gasteiger partial charge on any atom is 0.264 e. The topological polar surface area (TPSA) is 91.0 Å². The van der Waals surface area contributed by atoms with Gasteiger partial charge in [0, 0.05) is 81.1 Å². The number of ether oxygens (including phenoxy) is 2. The van der Waals surface area contributed by atoms with Gasteiger partial charge in [0.2, 0.25) is 0 Å². The van der Waals surface area contributed by atoms with E-state index in [4.69, 9.17) is 9.47 Å². The van der Waals surface area contributed by atoms with Gasteiger partial charge in [0.25, 0.3) is 11.5 Å². The molecule has 1 saturated carbocycles. The first-order chi connectivity index (χ1) is 24.3. The second-order valence-corrected chi connectivity index (χ2v) is 15.3. The van der Waals surface area contributed by atoms with E-state index in [0.29, 0.717) is 19.6 Å². The van der Waals surface area contributed by atoms with Crippen molar-refractivity contribution in [2.45, 2.75) is 72.1 Å². The van der Waals surface area contributed by atoms with Crippen LogP contribution in [0.5, 0.6) is 11.5 Å². The molecule has 2 fully saturated rings. The predicted octanol–water partition coefficient (Wildman–Crippen LogP) is 5.87. The molecule has 0 atom stereocenters. The molecule has 6 rings (SSSR count). The maximum absolute atomic E-state index is 13.5. The van der Waals surface area contributed by atoms with Gasteiger partial charge in [-0.3, -0.25) is 23.8 Å². The number of methoxy groups -OCH3 is 2. The molecule has 0 bridgehead atoms. The Hall–Kier alpha value is -4.46. The minimum atomic E-state index is -0.864. The van der Waals surface area contributed by atoms with E-state index in [0.717, 1.165) is 90.3 Å². The number of fused-ring (bicyclic) bond motifs is 1. The molecule has 0 radical (unpaired) electrons. The molecule has 3 heterocycles. The average molecular weight is 696 g/mol. The molecule has 1 saturated heterocycles. The molecule has 51 heavy (non-hydrogen) atoms. The van der Waals surface area contributed by atoms with Crippen LogP contribution in [-0.2, 0) is 37.9 Å². The highest BCUT2D eigenvalue weighted by molar-refractivity contribution is 5.97. The van der Waals surface area contributed by atoms with E-state index in [1.54, 1.807) is 44.6 Å². The van der Waals surface area contributed by atoms with E-state index in [9.17, 15) is 19.2 Å². The number of halogens is 1. The van der Waals surface area contributed by atoms with Crippen molar-refractivity contribution in [2.75, 3.05) is 47.1 Å². The van der Waals surface area contributed by atoms with Crippen molar-refractivity contribution in [1.82, 2.24) is 19.3 Å². The van der Waals surface area contributed by atoms with Crippen molar-refractivity contribution in [1.29, 1.82) is 5.26 Å². The standard InChI is InChI=1S/C41H50FN5O4/c1-27-28(2)38(48)44(5)23-34(27)31-17-36(50-6)35(37(18-31)51-7)24-45-14-15-47(41(26-45)11-12-41)21-29-8-9-30-10-13-46(22-32(30)16-29)39(49)33(20-43)19-40(3,4)25-42/h8-9,16-19,23H,10-15,21-22,24-26H2,1-7H3/b33-19+. The number of benzene rings is 2. The van der Waals surface area contributed by atoms with Crippen molar-refractivity contribution in [2.24, 2.45) is 12.5 Å². The lowest BCUT2D eigenvalue weighted by atomic mass is 9.91. The summed E-state index contributed by atoms with van der Waals surface area (Å²) in [5, 5.41) is 9.68. The highest BCUT2D eigenvalue weighted by atomic mass is 19.1. The van der Waals surface area contributed by atoms with Crippen LogP contribution in [0.4, 0.5) is 4.39 Å². The van der Waals surface area contributed by atoms with Gasteiger partial charge < -0.3 is 18.9 Å². The van der Waals surface area contributed by atoms with Crippen LogP contribution < -0.4 is 15.0 Å². The first kappa shape index (κ1) is 36.3. The van der Waals surface area contributed by atoms with Gasteiger partial charge in [-0.15, -0.1) is 0 Å². The number of hydrogen-bond acceptors (Lipinski definition) is 7. The summed E-state index contributed by atoms with van der Waals surface area (Å²) in [7, 11) is 5.17. The number of rotatable bonds is 10. The Morgan fingerprint density at radius 2 is 1.73 bits per heavy atom. The van der Waals surface area contributed by atoms with Gasteiger partial charge in [0.15, 0.2) is 0 Å². The monoisotopic (exact) mass is 695 g/mol. The quantitative estimate of drug-likeness (QED) is 0.194. The third-order valence-corrected chi connectivity index (χ3v) is 11.1. The number of hydrogen-bond donors (Lipinski definition) is 0. The molecule has 2 aromatic carbocycles. The lowest BCUT2D eigenvalue weighted by Gasteiger charge is -2.42. The highest BCUT2D eigenvalue weighted by Crippen LogP contribution is 2.46. The zero-order valence-corrected chi connectivity index (χ0v) is 31.1. The zero-order chi connectivity index (χ0) is 36.7. The summed E-state index contributed by atoms with van der Waals surface area (Å²) in [6.45, 7) is 11.9. The lowest BCUT2D eigenvalue weighted by molar-refractivity contribution is -0.127. The van der Waals surface area contributed by atoms with Gasteiger partial charge in [-0.2, -0.15) is 5.26 Å². The van der Waals surface area contributed by atoms with E-state index < -0.39 is 12.1 Å². The van der Waals surface area contributed by atoms with E-state index in [-0.39, 0.29) is 22.6 Å². The number of aromatic nitrogens is 1. The summed E-state index contributed by atoms with van der Waals surface area (Å²) in [4.78, 5) is 32.6. The molecular weight excluding hydrogens is 645 g/mol. The fourth-order valence-electron chi connectivity index (χ4n) is 7.73. The Balaban J connectivity index is 1.15. The summed E-state index contributed by atoms with van der Waals surface area (Å²) in [5.41, 5.74) is 7.46. The third-order valence-electron chi connectivity index (χ3n) is 11.1. The van der Waals surface area contributed by atoms with E-state index in [2.05, 4.69) is 40.1 Å². The van der Waals surface area contributed by atoms with Crippen molar-refractivity contribution in [3.05, 3.63) is 91.9 Å². The van der Waals surface area contributed by atoms with Crippen molar-refractivity contribution in [3.8, 4) is 28.7 Å². The van der Waals surface area contributed by atoms with Crippen molar-refractivity contribution in [3.63, 3.8) is 0 Å². The molecule has 1 spiro atoms. The summed E-state index contributed by atoms with van der Waals surface area (Å²) in [5.74, 6) is 1.21. The normalized spacial score (nSPS) is 17.6. The minimum absolute atomic E-state index is 0.00420. The Morgan fingerprint density at radius 3 is 2.35 bits per heavy atom. The van der Waals surface area contributed by atoms with Gasteiger partial charge in [-0.1, -0.05) is 38.1 Å². The van der Waals surface area contributed by atoms with Crippen LogP contribution in [-0.4, -0.2) is 77.8 Å². The van der Waals surface area contributed by atoms with Crippen LogP contribution in [0.15, 0.2) is 53.0 Å². The predicted molar refractivity (Wildman–Crippen MR) is 196 cm³/mol. The number of alkyl halides is 1. The third kappa shape index (κ3) is 7.33. The number of amides is 1. The molecule has 1 aromatic heterocycles. The first-order valence-corrected chi connectivity index (χ1v) is 17.8. The molecule has 1 aliphatic carbocycles. The number of carbonyl (C=O) groups is 1. The van der Waals surface area contributed by atoms with Gasteiger partial charge in [-0.05, 0) is 73.1 Å². The second-order valence-electron chi connectivity index (χ2n) is 15.3. The Kier molecular flexibility index (Phi) is 10.2. The fourth-order valence-corrected chi connectivity index (χ4v) is 7.73. The Bertz CT molecular complexity index is 1950. The number of carbonyl (C=O) groups excluding carboxylic acids is 1. The van der Waals surface area contributed by atoms with E-state index in [1.807, 2.05) is 26.1 Å². The summed E-state index contributed by atoms with van der Waals surface area (Å²) >= 11 is 0. The highest BCUT2D eigenvalue weighted by Gasteiger charge is 2.51. The molecule has 270 valence electrons. The average Bonchev–Trinajstić information content (AvgIpc) is 3.91. The molecule has 3 aromatic rings. The van der Waals surface area contributed by atoms with Crippen LogP contribution in [0.2, 0.25) is 0 Å². The van der Waals surface area contributed by atoms with Gasteiger partial charge in [0.05, 0.1) is 26.5 Å². The maximum atomic E-state index is 13.5. The molecule has 2 aliphatic heterocycles. The van der Waals surface area contributed by atoms with Crippen LogP contribution >= 0.6 is 0 Å². The number of piperazine rings is 1.